The first kappa shape index (κ1) is 27.8. The van der Waals surface area contributed by atoms with E-state index in [1.807, 2.05) is 49.4 Å². The molecule has 2 heterocycles. The molecule has 0 bridgehead atoms. The van der Waals surface area contributed by atoms with E-state index in [1.54, 1.807) is 53.2 Å². The zero-order valence-corrected chi connectivity index (χ0v) is 24.0. The van der Waals surface area contributed by atoms with Gasteiger partial charge < -0.3 is 19.3 Å². The van der Waals surface area contributed by atoms with Crippen LogP contribution in [0.1, 0.15) is 35.7 Å². The van der Waals surface area contributed by atoms with E-state index in [0.717, 1.165) is 11.1 Å². The Morgan fingerprint density at radius 1 is 0.925 bits per heavy atom. The van der Waals surface area contributed by atoms with E-state index < -0.39 is 12.1 Å². The van der Waals surface area contributed by atoms with Crippen molar-refractivity contribution in [1.29, 1.82) is 0 Å². The van der Waals surface area contributed by atoms with Gasteiger partial charge in [0.25, 0.3) is 0 Å². The summed E-state index contributed by atoms with van der Waals surface area (Å²) in [6.45, 7) is 3.42. The molecule has 1 saturated heterocycles. The number of amidine groups is 1. The van der Waals surface area contributed by atoms with E-state index in [1.165, 1.54) is 0 Å². The summed E-state index contributed by atoms with van der Waals surface area (Å²) >= 11 is 12.5. The lowest BCUT2D eigenvalue weighted by Crippen LogP contribution is -2.56. The van der Waals surface area contributed by atoms with Gasteiger partial charge in [0.2, 0.25) is 5.91 Å². The molecule has 208 valence electrons. The standard InChI is InChI=1S/C30H30Cl2N4O4/c1-4-34-15-16-35(18-26(34)37)30(38)36-28(20-7-11-22(32)12-8-20)27(19-5-9-21(31)10-6-19)33-29(36)24-14-13-23(39-2)17-25(24)40-3/h5-14,17,27-28H,4,15-16,18H2,1-3H3. The third kappa shape index (κ3) is 5.33. The molecule has 2 atom stereocenters. The average molecular weight is 582 g/mol. The first-order valence-electron chi connectivity index (χ1n) is 13.0. The molecule has 0 aliphatic carbocycles. The minimum atomic E-state index is -0.521. The van der Waals surface area contributed by atoms with Crippen LogP contribution in [0.15, 0.2) is 71.7 Å². The Bertz CT molecular complexity index is 1430. The molecule has 3 aromatic rings. The van der Waals surface area contributed by atoms with Gasteiger partial charge in [0, 0.05) is 35.7 Å². The highest BCUT2D eigenvalue weighted by atomic mass is 35.5. The van der Waals surface area contributed by atoms with Crippen molar-refractivity contribution in [1.82, 2.24) is 14.7 Å². The van der Waals surface area contributed by atoms with E-state index in [0.29, 0.717) is 52.6 Å². The maximum absolute atomic E-state index is 14.4. The van der Waals surface area contributed by atoms with Crippen LogP contribution >= 0.6 is 23.2 Å². The van der Waals surface area contributed by atoms with Gasteiger partial charge in [-0.05, 0) is 54.4 Å². The van der Waals surface area contributed by atoms with Crippen molar-refractivity contribution in [3.05, 3.63) is 93.5 Å². The molecule has 5 rings (SSSR count). The fourth-order valence-electron chi connectivity index (χ4n) is 5.20. The molecule has 2 aliphatic rings. The predicted octanol–water partition coefficient (Wildman–Crippen LogP) is 5.84. The quantitative estimate of drug-likeness (QED) is 0.367. The lowest BCUT2D eigenvalue weighted by Gasteiger charge is -2.38. The molecule has 3 aromatic carbocycles. The van der Waals surface area contributed by atoms with E-state index in [9.17, 15) is 9.59 Å². The van der Waals surface area contributed by atoms with Gasteiger partial charge in [-0.3, -0.25) is 14.7 Å². The van der Waals surface area contributed by atoms with Gasteiger partial charge in [-0.2, -0.15) is 0 Å². The molecule has 0 radical (unpaired) electrons. The van der Waals surface area contributed by atoms with Gasteiger partial charge in [0.05, 0.1) is 25.8 Å². The van der Waals surface area contributed by atoms with E-state index >= 15 is 0 Å². The van der Waals surface area contributed by atoms with Gasteiger partial charge in [-0.15, -0.1) is 0 Å². The third-order valence-corrected chi connectivity index (χ3v) is 7.82. The normalized spacial score (nSPS) is 19.1. The maximum atomic E-state index is 14.4. The number of urea groups is 1. The van der Waals surface area contributed by atoms with Gasteiger partial charge in [0.1, 0.15) is 29.9 Å². The fourth-order valence-corrected chi connectivity index (χ4v) is 5.45. The molecule has 8 nitrogen and oxygen atoms in total. The molecule has 0 N–H and O–H groups in total. The van der Waals surface area contributed by atoms with E-state index in [4.69, 9.17) is 37.7 Å². The van der Waals surface area contributed by atoms with Crippen molar-refractivity contribution in [3.8, 4) is 11.5 Å². The summed E-state index contributed by atoms with van der Waals surface area (Å²) in [5.41, 5.74) is 2.37. The van der Waals surface area contributed by atoms with Crippen LogP contribution in [0.4, 0.5) is 4.79 Å². The highest BCUT2D eigenvalue weighted by Crippen LogP contribution is 2.45. The molecule has 0 spiro atoms. The number of halogens is 2. The Morgan fingerprint density at radius 2 is 1.57 bits per heavy atom. The van der Waals surface area contributed by atoms with Crippen LogP contribution in [0.25, 0.3) is 0 Å². The van der Waals surface area contributed by atoms with E-state index in [-0.39, 0.29) is 18.5 Å². The fraction of sp³-hybridized carbons (Fsp3) is 0.300. The van der Waals surface area contributed by atoms with Crippen LogP contribution in [0.2, 0.25) is 10.0 Å². The number of hydrogen-bond donors (Lipinski definition) is 0. The van der Waals surface area contributed by atoms with Crippen LogP contribution in [0.3, 0.4) is 0 Å². The van der Waals surface area contributed by atoms with Crippen molar-refractivity contribution < 1.29 is 19.1 Å². The Kier molecular flexibility index (Phi) is 8.19. The lowest BCUT2D eigenvalue weighted by molar-refractivity contribution is -0.134. The Balaban J connectivity index is 1.67. The van der Waals surface area contributed by atoms with E-state index in [2.05, 4.69) is 0 Å². The zero-order chi connectivity index (χ0) is 28.4. The molecule has 2 unspecified atom stereocenters. The molecule has 0 aromatic heterocycles. The Morgan fingerprint density at radius 3 is 2.15 bits per heavy atom. The number of benzene rings is 3. The van der Waals surface area contributed by atoms with Crippen molar-refractivity contribution in [2.24, 2.45) is 4.99 Å². The van der Waals surface area contributed by atoms with Gasteiger partial charge in [-0.1, -0.05) is 47.5 Å². The maximum Gasteiger partial charge on any atom is 0.326 e. The number of likely N-dealkylation sites (N-methyl/N-ethyl adjacent to an activating group) is 1. The monoisotopic (exact) mass is 580 g/mol. The summed E-state index contributed by atoms with van der Waals surface area (Å²) in [6.07, 6.45) is 0. The summed E-state index contributed by atoms with van der Waals surface area (Å²) in [4.78, 5) is 37.4. The second-order valence-electron chi connectivity index (χ2n) is 9.56. The molecule has 40 heavy (non-hydrogen) atoms. The molecule has 2 aliphatic heterocycles. The van der Waals surface area contributed by atoms with Crippen molar-refractivity contribution in [3.63, 3.8) is 0 Å². The first-order valence-corrected chi connectivity index (χ1v) is 13.8. The smallest absolute Gasteiger partial charge is 0.326 e. The van der Waals surface area contributed by atoms with Crippen molar-refractivity contribution in [2.45, 2.75) is 19.0 Å². The average Bonchev–Trinajstić information content (AvgIpc) is 3.37. The number of methoxy groups -OCH3 is 2. The summed E-state index contributed by atoms with van der Waals surface area (Å²) in [5.74, 6) is 1.48. The number of rotatable bonds is 6. The third-order valence-electron chi connectivity index (χ3n) is 7.32. The lowest BCUT2D eigenvalue weighted by atomic mass is 9.93. The number of carbonyl (C=O) groups excluding carboxylic acids is 2. The molecule has 3 amide bonds. The van der Waals surface area contributed by atoms with Crippen LogP contribution in [-0.4, -0.2) is 72.9 Å². The number of piperazine rings is 1. The minimum absolute atomic E-state index is 0.00481. The SMILES string of the molecule is CCN1CCN(C(=O)N2C(c3ccc(OC)cc3OC)=NC(c3ccc(Cl)cc3)C2c2ccc(Cl)cc2)CC1=O. The van der Waals surface area contributed by atoms with Gasteiger partial charge in [-0.25, -0.2) is 4.79 Å². The number of amides is 3. The largest absolute Gasteiger partial charge is 0.497 e. The topological polar surface area (TPSA) is 74.7 Å². The Hall–Kier alpha value is -3.75. The summed E-state index contributed by atoms with van der Waals surface area (Å²) in [5, 5.41) is 1.19. The van der Waals surface area contributed by atoms with Gasteiger partial charge in [0.15, 0.2) is 0 Å². The highest BCUT2D eigenvalue weighted by molar-refractivity contribution is 6.30. The minimum Gasteiger partial charge on any atom is -0.497 e. The van der Waals surface area contributed by atoms with Crippen molar-refractivity contribution >= 4 is 41.0 Å². The van der Waals surface area contributed by atoms with Crippen LogP contribution in [0.5, 0.6) is 11.5 Å². The van der Waals surface area contributed by atoms with Crippen LogP contribution < -0.4 is 9.47 Å². The number of nitrogens with zero attached hydrogens (tertiary/aromatic N) is 4. The first-order chi connectivity index (χ1) is 19.3. The number of hydrogen-bond acceptors (Lipinski definition) is 5. The summed E-state index contributed by atoms with van der Waals surface area (Å²) < 4.78 is 11.1. The summed E-state index contributed by atoms with van der Waals surface area (Å²) in [7, 11) is 3.15. The number of aliphatic imine (C=N–C) groups is 1. The predicted molar refractivity (Wildman–Crippen MR) is 156 cm³/mol. The molecule has 0 saturated carbocycles. The van der Waals surface area contributed by atoms with Gasteiger partial charge >= 0.3 is 6.03 Å². The molecule has 1 fully saturated rings. The summed E-state index contributed by atoms with van der Waals surface area (Å²) in [6, 6.07) is 19.0. The van der Waals surface area contributed by atoms with Crippen LogP contribution in [0, 0.1) is 0 Å². The highest BCUT2D eigenvalue weighted by Gasteiger charge is 2.45. The van der Waals surface area contributed by atoms with Crippen LogP contribution in [-0.2, 0) is 4.79 Å². The number of ether oxygens (including phenoxy) is 2. The number of carbonyl (C=O) groups is 2. The Labute approximate surface area is 243 Å². The molecular formula is C30H30Cl2N4O4. The molecular weight excluding hydrogens is 551 g/mol. The second-order valence-corrected chi connectivity index (χ2v) is 10.4. The molecule has 10 heteroatoms. The second kappa shape index (κ2) is 11.8. The van der Waals surface area contributed by atoms with Crippen molar-refractivity contribution in [2.75, 3.05) is 40.4 Å². The zero-order valence-electron chi connectivity index (χ0n) is 22.5.